The van der Waals surface area contributed by atoms with Gasteiger partial charge in [-0.15, -0.1) is 0 Å². The van der Waals surface area contributed by atoms with Gasteiger partial charge in [0.15, 0.2) is 0 Å². The Morgan fingerprint density at radius 3 is 1.39 bits per heavy atom. The van der Waals surface area contributed by atoms with Crippen LogP contribution in [0.1, 0.15) is 13.8 Å². The average molecular weight is 444 g/mol. The number of ether oxygens (including phenoxy) is 4. The van der Waals surface area contributed by atoms with Crippen molar-refractivity contribution in [3.05, 3.63) is 23.1 Å². The van der Waals surface area contributed by atoms with Gasteiger partial charge in [0, 0.05) is 0 Å². The molecule has 1 aliphatic rings. The molecule has 0 bridgehead atoms. The first-order valence-electron chi connectivity index (χ1n) is 6.72. The van der Waals surface area contributed by atoms with Crippen LogP contribution in [0.2, 0.25) is 0 Å². The summed E-state index contributed by atoms with van der Waals surface area (Å²) in [6.45, 7) is 5.04. The van der Waals surface area contributed by atoms with Gasteiger partial charge in [0.1, 0.15) is 25.7 Å². The molecule has 1 fully saturated rings. The Morgan fingerprint density at radius 1 is 0.929 bits per heavy atom. The molecule has 2 rings (SSSR count). The predicted octanol–water partition coefficient (Wildman–Crippen LogP) is 1.95. The average Bonchev–Trinajstić information content (AvgIpc) is 3.11. The zero-order chi connectivity index (χ0) is 21.6. The van der Waals surface area contributed by atoms with E-state index in [0.717, 1.165) is 0 Å². The second-order valence-electron chi connectivity index (χ2n) is 3.78. The summed E-state index contributed by atoms with van der Waals surface area (Å²) in [5, 5.41) is 0. The summed E-state index contributed by atoms with van der Waals surface area (Å²) < 4.78 is 84.8. The molecule has 1 saturated heterocycles. The van der Waals surface area contributed by atoms with Gasteiger partial charge in [0.2, 0.25) is 0 Å². The normalized spacial score (nSPS) is 14.2. The van der Waals surface area contributed by atoms with Gasteiger partial charge in [-0.05, 0) is 13.8 Å². The van der Waals surface area contributed by atoms with Crippen LogP contribution in [0.15, 0.2) is 26.2 Å². The van der Waals surface area contributed by atoms with Gasteiger partial charge >= 0.3 is 70.0 Å². The Kier molecular flexibility index (Phi) is 13.9. The summed E-state index contributed by atoms with van der Waals surface area (Å²) in [6, 6.07) is 0. The van der Waals surface area contributed by atoms with E-state index in [1.54, 1.807) is 13.8 Å². The smallest absolute Gasteiger partial charge is 0.431 e. The van der Waals surface area contributed by atoms with Crippen LogP contribution < -0.4 is 24.7 Å². The molecule has 0 unspecified atom stereocenters. The molecule has 1 aromatic heterocycles. The molecule has 0 saturated carbocycles. The molecule has 17 heteroatoms. The van der Waals surface area contributed by atoms with Crippen LogP contribution in [0.3, 0.4) is 0 Å². The van der Waals surface area contributed by atoms with Crippen molar-refractivity contribution < 1.29 is 81.4 Å². The Balaban J connectivity index is -0.000000295. The van der Waals surface area contributed by atoms with E-state index in [4.69, 9.17) is 0 Å². The maximum absolute atomic E-state index is 10.7. The van der Waals surface area contributed by atoms with E-state index in [-0.39, 0.29) is 18.9 Å². The molecule has 0 aromatic carbocycles. The molecule has 162 valence electrons. The van der Waals surface area contributed by atoms with E-state index < -0.39 is 25.9 Å². The molecule has 0 amide bonds. The minimum Gasteiger partial charge on any atom is -0.431 e. The summed E-state index contributed by atoms with van der Waals surface area (Å²) in [4.78, 5) is 29.7. The van der Waals surface area contributed by atoms with Gasteiger partial charge in [-0.2, -0.15) is 0 Å². The molecule has 2 heterocycles. The summed E-state index contributed by atoms with van der Waals surface area (Å²) in [5.74, 6) is -0.657. The maximum atomic E-state index is 10.2. The number of cyclic esters (lactones) is 2. The molecule has 28 heavy (non-hydrogen) atoms. The number of hydrogen-bond acceptors (Lipinski definition) is 9. The van der Waals surface area contributed by atoms with E-state index in [0.29, 0.717) is 26.4 Å². The summed E-state index contributed by atoms with van der Waals surface area (Å²) in [5.41, 5.74) is 0. The van der Waals surface area contributed by atoms with Crippen LogP contribution in [0.4, 0.5) is 34.8 Å². The Hall–Kier alpha value is -1.84. The van der Waals surface area contributed by atoms with Crippen LogP contribution >= 0.6 is 7.81 Å². The Bertz CT molecular complexity index is 571. The van der Waals surface area contributed by atoms with Crippen molar-refractivity contribution >= 4 is 20.1 Å². The summed E-state index contributed by atoms with van der Waals surface area (Å²) in [7, 11) is -10.7. The maximum Gasteiger partial charge on any atom is 1.00 e. The van der Waals surface area contributed by atoms with Crippen molar-refractivity contribution in [1.82, 2.24) is 0 Å². The fourth-order valence-corrected chi connectivity index (χ4v) is 0.763. The van der Waals surface area contributed by atoms with Crippen LogP contribution in [-0.4, -0.2) is 38.7 Å². The third-order valence-electron chi connectivity index (χ3n) is 1.43. The standard InChI is InChI=1S/C5H10O3.C3H4O3.C3H2O3.F6P.Li/c1-3-7-5(6)8-4-2;2*4-3-5-1-2-6-3;1-7(2,3,4,5)6;/h3-4H2,1-2H3;1-2H2;1-2H;;/q;;;-1;+1. The van der Waals surface area contributed by atoms with Crippen molar-refractivity contribution in [2.75, 3.05) is 26.4 Å². The zero-order valence-corrected chi connectivity index (χ0v) is 15.8. The largest absolute Gasteiger partial charge is 1.00 e. The van der Waals surface area contributed by atoms with E-state index in [2.05, 4.69) is 27.8 Å². The van der Waals surface area contributed by atoms with Gasteiger partial charge in [-0.25, -0.2) is 14.4 Å². The molecule has 0 atom stereocenters. The molecular formula is C11H16F6LiO9P. The number of rotatable bonds is 2. The van der Waals surface area contributed by atoms with Crippen molar-refractivity contribution in [3.8, 4) is 0 Å². The Morgan fingerprint density at radius 2 is 1.25 bits per heavy atom. The molecule has 0 N–H and O–H groups in total. The van der Waals surface area contributed by atoms with Crippen LogP contribution in [-0.2, 0) is 18.9 Å². The van der Waals surface area contributed by atoms with E-state index in [1.165, 1.54) is 12.5 Å². The predicted molar refractivity (Wildman–Crippen MR) is 76.8 cm³/mol. The minimum atomic E-state index is -10.7. The number of hydrogen-bond donors (Lipinski definition) is 0. The number of carbonyl (C=O) groups is 2. The van der Waals surface area contributed by atoms with Crippen molar-refractivity contribution in [2.45, 2.75) is 13.8 Å². The topological polar surface area (TPSA) is 114 Å². The molecule has 0 spiro atoms. The summed E-state index contributed by atoms with van der Waals surface area (Å²) >= 11 is 0. The van der Waals surface area contributed by atoms with Gasteiger partial charge in [0.05, 0.1) is 13.2 Å². The second kappa shape index (κ2) is 12.6. The van der Waals surface area contributed by atoms with E-state index in [1.807, 2.05) is 0 Å². The van der Waals surface area contributed by atoms with Crippen molar-refractivity contribution in [1.29, 1.82) is 0 Å². The third-order valence-corrected chi connectivity index (χ3v) is 1.43. The first-order valence-corrected chi connectivity index (χ1v) is 8.75. The quantitative estimate of drug-likeness (QED) is 0.292. The van der Waals surface area contributed by atoms with Crippen molar-refractivity contribution in [2.24, 2.45) is 0 Å². The number of halogens is 6. The first kappa shape index (κ1) is 30.9. The molecule has 9 nitrogen and oxygen atoms in total. The van der Waals surface area contributed by atoms with Gasteiger partial charge in [-0.3, -0.25) is 0 Å². The van der Waals surface area contributed by atoms with E-state index >= 15 is 0 Å². The molecule has 1 aliphatic heterocycles. The van der Waals surface area contributed by atoms with Crippen molar-refractivity contribution in [3.63, 3.8) is 0 Å². The molecular weight excluding hydrogens is 428 g/mol. The van der Waals surface area contributed by atoms with Gasteiger partial charge < -0.3 is 27.8 Å². The van der Waals surface area contributed by atoms with Crippen LogP contribution in [0.5, 0.6) is 0 Å². The first-order chi connectivity index (χ1) is 12.0. The fraction of sp³-hybridized carbons (Fsp3) is 0.545. The van der Waals surface area contributed by atoms with Crippen LogP contribution in [0, 0.1) is 0 Å². The van der Waals surface area contributed by atoms with Gasteiger partial charge in [0.25, 0.3) is 0 Å². The molecule has 0 aliphatic carbocycles. The molecule has 0 radical (unpaired) electrons. The van der Waals surface area contributed by atoms with E-state index in [9.17, 15) is 39.6 Å². The van der Waals surface area contributed by atoms with Crippen LogP contribution in [0.25, 0.3) is 0 Å². The van der Waals surface area contributed by atoms with Gasteiger partial charge in [-0.1, -0.05) is 0 Å². The molecule has 1 aromatic rings. The minimum absolute atomic E-state index is 0. The second-order valence-corrected chi connectivity index (χ2v) is 5.70. The summed E-state index contributed by atoms with van der Waals surface area (Å²) in [6.07, 6.45) is 1.23. The number of carbonyl (C=O) groups excluding carboxylic acids is 2. The third kappa shape index (κ3) is 39.3. The fourth-order valence-electron chi connectivity index (χ4n) is 0.763. The zero-order valence-electron chi connectivity index (χ0n) is 14.9. The SMILES string of the molecule is CCOC(=O)OCC.F[P-](F)(F)(F)(F)F.O=C1OCCO1.O=c1occo1.[Li+]. The Labute approximate surface area is 165 Å². The monoisotopic (exact) mass is 444 g/mol.